The van der Waals surface area contributed by atoms with Gasteiger partial charge in [-0.3, -0.25) is 14.5 Å². The van der Waals surface area contributed by atoms with E-state index in [-0.39, 0.29) is 24.9 Å². The van der Waals surface area contributed by atoms with E-state index in [2.05, 4.69) is 15.8 Å². The monoisotopic (exact) mass is 444 g/mol. The molecule has 0 spiro atoms. The van der Waals surface area contributed by atoms with Crippen LogP contribution in [0.4, 0.5) is 11.5 Å². The van der Waals surface area contributed by atoms with E-state index in [1.807, 2.05) is 48.5 Å². The van der Waals surface area contributed by atoms with Crippen molar-refractivity contribution in [2.75, 3.05) is 30.8 Å². The summed E-state index contributed by atoms with van der Waals surface area (Å²) in [6.07, 6.45) is 0. The summed E-state index contributed by atoms with van der Waals surface area (Å²) in [5, 5.41) is 9.93. The van der Waals surface area contributed by atoms with Crippen molar-refractivity contribution in [3.8, 4) is 0 Å². The van der Waals surface area contributed by atoms with Crippen LogP contribution in [0.5, 0.6) is 0 Å². The van der Waals surface area contributed by atoms with Gasteiger partial charge in [-0.25, -0.2) is 0 Å². The summed E-state index contributed by atoms with van der Waals surface area (Å²) in [5.41, 5.74) is 0.707. The van der Waals surface area contributed by atoms with E-state index < -0.39 is 0 Å². The molecule has 2 aromatic carbocycles. The summed E-state index contributed by atoms with van der Waals surface area (Å²) < 4.78 is 4.91. The average Bonchev–Trinajstić information content (AvgIpc) is 3.09. The van der Waals surface area contributed by atoms with Crippen molar-refractivity contribution in [3.05, 3.63) is 65.4 Å². The smallest absolute Gasteiger partial charge is 0.239 e. The second-order valence-corrected chi connectivity index (χ2v) is 8.20. The molecule has 0 fully saturated rings. The zero-order chi connectivity index (χ0) is 21.5. The van der Waals surface area contributed by atoms with Crippen molar-refractivity contribution in [1.29, 1.82) is 0 Å². The number of halogens is 1. The lowest BCUT2D eigenvalue weighted by molar-refractivity contribution is -0.119. The molecule has 7 nitrogen and oxygen atoms in total. The molecule has 3 aromatic rings. The lowest BCUT2D eigenvalue weighted by Gasteiger charge is -2.16. The molecule has 0 bridgehead atoms. The second-order valence-electron chi connectivity index (χ2n) is 6.64. The molecule has 9 heteroatoms. The van der Waals surface area contributed by atoms with Crippen LogP contribution < -0.4 is 10.6 Å². The number of para-hydroxylation sites is 1. The van der Waals surface area contributed by atoms with Gasteiger partial charge in [0.2, 0.25) is 11.8 Å². The molecule has 2 N–H and O–H groups in total. The first-order valence-electron chi connectivity index (χ1n) is 9.13. The van der Waals surface area contributed by atoms with Crippen molar-refractivity contribution >= 4 is 46.7 Å². The number of carbonyl (C=O) groups is 2. The molecule has 1 heterocycles. The van der Waals surface area contributed by atoms with Crippen LogP contribution >= 0.6 is 23.4 Å². The van der Waals surface area contributed by atoms with Gasteiger partial charge in [0.1, 0.15) is 5.76 Å². The zero-order valence-corrected chi connectivity index (χ0v) is 18.1. The number of aromatic nitrogens is 1. The van der Waals surface area contributed by atoms with Gasteiger partial charge in [0.25, 0.3) is 0 Å². The molecule has 156 valence electrons. The first-order valence-corrected chi connectivity index (χ1v) is 10.3. The average molecular weight is 445 g/mol. The van der Waals surface area contributed by atoms with Crippen molar-refractivity contribution in [2.45, 2.75) is 16.7 Å². The van der Waals surface area contributed by atoms with Gasteiger partial charge >= 0.3 is 0 Å². The fourth-order valence-corrected chi connectivity index (χ4v) is 3.66. The Kier molecular flexibility index (Phi) is 7.51. The molecule has 1 aromatic heterocycles. The predicted molar refractivity (Wildman–Crippen MR) is 118 cm³/mol. The van der Waals surface area contributed by atoms with Gasteiger partial charge in [0.05, 0.1) is 18.8 Å². The highest BCUT2D eigenvalue weighted by molar-refractivity contribution is 7.99. The van der Waals surface area contributed by atoms with E-state index in [1.54, 1.807) is 24.9 Å². The molecule has 0 atom stereocenters. The van der Waals surface area contributed by atoms with Gasteiger partial charge in [-0.2, -0.15) is 0 Å². The quantitative estimate of drug-likeness (QED) is 0.538. The topological polar surface area (TPSA) is 87.5 Å². The highest BCUT2D eigenvalue weighted by Gasteiger charge is 2.14. The number of nitrogens with one attached hydrogen (secondary N) is 2. The predicted octanol–water partition coefficient (Wildman–Crippen LogP) is 4.30. The summed E-state index contributed by atoms with van der Waals surface area (Å²) in [7, 11) is 1.70. The van der Waals surface area contributed by atoms with Gasteiger partial charge in [-0.15, -0.1) is 0 Å². The Morgan fingerprint density at radius 1 is 1.07 bits per heavy atom. The number of hydrogen-bond donors (Lipinski definition) is 2. The third-order valence-electron chi connectivity index (χ3n) is 3.93. The van der Waals surface area contributed by atoms with E-state index in [1.165, 1.54) is 11.8 Å². The molecule has 0 saturated carbocycles. The van der Waals surface area contributed by atoms with Crippen LogP contribution in [-0.4, -0.2) is 42.0 Å². The Balaban J connectivity index is 1.54. The van der Waals surface area contributed by atoms with Crippen molar-refractivity contribution in [2.24, 2.45) is 0 Å². The minimum absolute atomic E-state index is 0.0422. The maximum Gasteiger partial charge on any atom is 0.239 e. The number of rotatable bonds is 8. The zero-order valence-electron chi connectivity index (χ0n) is 16.5. The molecule has 0 unspecified atom stereocenters. The molecular formula is C21H21ClN4O3S. The van der Waals surface area contributed by atoms with Crippen LogP contribution in [0.25, 0.3) is 0 Å². The van der Waals surface area contributed by atoms with E-state index in [0.29, 0.717) is 22.3 Å². The van der Waals surface area contributed by atoms with Crippen LogP contribution in [0.15, 0.2) is 68.9 Å². The Morgan fingerprint density at radius 3 is 2.40 bits per heavy atom. The van der Waals surface area contributed by atoms with E-state index in [0.717, 1.165) is 9.79 Å². The van der Waals surface area contributed by atoms with Crippen molar-refractivity contribution < 1.29 is 14.1 Å². The van der Waals surface area contributed by atoms with Gasteiger partial charge in [-0.05, 0) is 50.4 Å². The number of nitrogens with zero attached hydrogens (tertiary/aromatic N) is 2. The number of aryl methyl sites for hydroxylation is 1. The molecular weight excluding hydrogens is 424 g/mol. The van der Waals surface area contributed by atoms with Gasteiger partial charge in [0, 0.05) is 20.9 Å². The number of anilines is 2. The number of carbonyl (C=O) groups excluding carboxylic acids is 2. The molecule has 0 aliphatic carbocycles. The van der Waals surface area contributed by atoms with Gasteiger partial charge in [0.15, 0.2) is 5.82 Å². The highest BCUT2D eigenvalue weighted by atomic mass is 35.5. The van der Waals surface area contributed by atoms with Gasteiger partial charge < -0.3 is 15.2 Å². The summed E-state index contributed by atoms with van der Waals surface area (Å²) in [5.74, 6) is 0.459. The summed E-state index contributed by atoms with van der Waals surface area (Å²) in [6, 6.07) is 16.7. The molecule has 0 saturated heterocycles. The maximum absolute atomic E-state index is 12.5. The second kappa shape index (κ2) is 10.3. The summed E-state index contributed by atoms with van der Waals surface area (Å²) in [4.78, 5) is 28.1. The van der Waals surface area contributed by atoms with E-state index in [4.69, 9.17) is 16.1 Å². The molecule has 3 rings (SSSR count). The van der Waals surface area contributed by atoms with E-state index >= 15 is 0 Å². The van der Waals surface area contributed by atoms with Crippen LogP contribution in [0.3, 0.4) is 0 Å². The summed E-state index contributed by atoms with van der Waals surface area (Å²) >= 11 is 7.47. The number of benzene rings is 2. The Morgan fingerprint density at radius 2 is 1.73 bits per heavy atom. The van der Waals surface area contributed by atoms with Crippen LogP contribution in [0, 0.1) is 6.92 Å². The third-order valence-corrected chi connectivity index (χ3v) is 5.26. The van der Waals surface area contributed by atoms with Gasteiger partial charge in [-0.1, -0.05) is 40.7 Å². The van der Waals surface area contributed by atoms with Crippen molar-refractivity contribution in [3.63, 3.8) is 0 Å². The summed E-state index contributed by atoms with van der Waals surface area (Å²) in [6.45, 7) is 1.84. The molecule has 0 radical (unpaired) electrons. The lowest BCUT2D eigenvalue weighted by atomic mass is 10.3. The molecule has 2 amide bonds. The first kappa shape index (κ1) is 21.9. The Bertz CT molecular complexity index is 1020. The Labute approximate surface area is 183 Å². The fourth-order valence-electron chi connectivity index (χ4n) is 2.63. The first-order chi connectivity index (χ1) is 14.4. The van der Waals surface area contributed by atoms with Crippen LogP contribution in [0.1, 0.15) is 5.76 Å². The van der Waals surface area contributed by atoms with E-state index in [9.17, 15) is 9.59 Å². The van der Waals surface area contributed by atoms with Crippen LogP contribution in [0.2, 0.25) is 5.02 Å². The molecule has 0 aliphatic heterocycles. The highest BCUT2D eigenvalue weighted by Crippen LogP contribution is 2.33. The standard InChI is InChI=1S/C21H21ClN4O3S/c1-14-11-19(25-29-14)24-21(28)13-26(2)12-20(27)23-17-5-3-4-6-18(17)30-16-9-7-15(22)8-10-16/h3-11H,12-13H2,1-2H3,(H,23,27)(H,24,25,28). The molecule has 30 heavy (non-hydrogen) atoms. The maximum atomic E-state index is 12.5. The lowest BCUT2D eigenvalue weighted by Crippen LogP contribution is -2.36. The normalized spacial score (nSPS) is 10.8. The fraction of sp³-hybridized carbons (Fsp3) is 0.190. The Hall–Kier alpha value is -2.81. The molecule has 0 aliphatic rings. The minimum Gasteiger partial charge on any atom is -0.360 e. The van der Waals surface area contributed by atoms with Crippen LogP contribution in [-0.2, 0) is 9.59 Å². The third kappa shape index (κ3) is 6.62. The van der Waals surface area contributed by atoms with Crippen molar-refractivity contribution in [1.82, 2.24) is 10.1 Å². The SMILES string of the molecule is Cc1cc(NC(=O)CN(C)CC(=O)Nc2ccccc2Sc2ccc(Cl)cc2)no1. The largest absolute Gasteiger partial charge is 0.360 e. The number of amides is 2. The number of hydrogen-bond acceptors (Lipinski definition) is 6. The number of likely N-dealkylation sites (N-methyl/N-ethyl adjacent to an activating group) is 1. The minimum atomic E-state index is -0.280.